The Bertz CT molecular complexity index is 1070. The Morgan fingerprint density at radius 3 is 2.90 bits per heavy atom. The van der Waals surface area contributed by atoms with Crippen LogP contribution in [0.4, 0.5) is 5.13 Å². The number of hydrogen-bond acceptors (Lipinski definition) is 7. The number of nitrogens with zero attached hydrogens (tertiary/aromatic N) is 5. The van der Waals surface area contributed by atoms with Crippen LogP contribution >= 0.6 is 23.1 Å². The predicted octanol–water partition coefficient (Wildman–Crippen LogP) is 3.76. The van der Waals surface area contributed by atoms with Crippen LogP contribution in [-0.2, 0) is 17.8 Å². The minimum Gasteiger partial charge on any atom is -0.301 e. The number of thiazole rings is 1. The highest BCUT2D eigenvalue weighted by molar-refractivity contribution is 7.99. The number of benzene rings is 1. The van der Waals surface area contributed by atoms with E-state index in [1.165, 1.54) is 22.2 Å². The largest absolute Gasteiger partial charge is 0.301 e. The van der Waals surface area contributed by atoms with E-state index in [-0.39, 0.29) is 11.7 Å². The number of fused-ring (bicyclic) bond motifs is 1. The van der Waals surface area contributed by atoms with E-state index >= 15 is 0 Å². The zero-order valence-electron chi connectivity index (χ0n) is 17.7. The van der Waals surface area contributed by atoms with Crippen molar-refractivity contribution >= 4 is 34.1 Å². The number of anilines is 1. The van der Waals surface area contributed by atoms with Crippen LogP contribution in [0.1, 0.15) is 34.4 Å². The van der Waals surface area contributed by atoms with Gasteiger partial charge in [0.05, 0.1) is 17.1 Å². The first kappa shape index (κ1) is 21.0. The van der Waals surface area contributed by atoms with Crippen molar-refractivity contribution in [2.75, 3.05) is 24.2 Å². The second-order valence-electron chi connectivity index (χ2n) is 7.50. The van der Waals surface area contributed by atoms with Crippen LogP contribution in [0, 0.1) is 20.8 Å². The normalized spacial score (nSPS) is 14.0. The molecule has 2 aromatic heterocycles. The van der Waals surface area contributed by atoms with Crippen molar-refractivity contribution in [3.8, 4) is 5.69 Å². The number of aryl methyl sites for hydroxylation is 3. The summed E-state index contributed by atoms with van der Waals surface area (Å²) in [4.78, 5) is 20.8. The predicted molar refractivity (Wildman–Crippen MR) is 122 cm³/mol. The molecule has 0 atom stereocenters. The van der Waals surface area contributed by atoms with E-state index in [0.29, 0.717) is 10.3 Å². The number of carbonyl (C=O) groups is 1. The molecule has 0 saturated carbocycles. The highest BCUT2D eigenvalue weighted by Gasteiger charge is 2.21. The molecule has 30 heavy (non-hydrogen) atoms. The lowest BCUT2D eigenvalue weighted by Gasteiger charge is -2.23. The van der Waals surface area contributed by atoms with Gasteiger partial charge in [-0.15, -0.1) is 21.5 Å². The Morgan fingerprint density at radius 1 is 1.27 bits per heavy atom. The second-order valence-corrected chi connectivity index (χ2v) is 9.53. The minimum absolute atomic E-state index is 0.0772. The van der Waals surface area contributed by atoms with Crippen molar-refractivity contribution in [1.82, 2.24) is 24.6 Å². The van der Waals surface area contributed by atoms with Gasteiger partial charge in [-0.25, -0.2) is 4.98 Å². The molecule has 9 heteroatoms. The molecular weight excluding hydrogens is 416 g/mol. The Kier molecular flexibility index (Phi) is 6.21. The SMILES string of the molecule is CCN1CCc2nc(NC(=O)CSc3nnc(C)n3-c3cc(C)ccc3C)sc2C1. The maximum atomic E-state index is 12.6. The van der Waals surface area contributed by atoms with Gasteiger partial charge < -0.3 is 5.32 Å². The van der Waals surface area contributed by atoms with Gasteiger partial charge in [0, 0.05) is 24.4 Å². The summed E-state index contributed by atoms with van der Waals surface area (Å²) in [6, 6.07) is 6.30. The number of amides is 1. The molecule has 4 rings (SSSR count). The molecule has 1 aliphatic heterocycles. The number of hydrogen-bond donors (Lipinski definition) is 1. The molecule has 3 heterocycles. The van der Waals surface area contributed by atoms with E-state index in [2.05, 4.69) is 64.4 Å². The molecular formula is C21H26N6OS2. The fourth-order valence-electron chi connectivity index (χ4n) is 3.53. The van der Waals surface area contributed by atoms with Gasteiger partial charge in [-0.05, 0) is 44.5 Å². The molecule has 0 saturated heterocycles. The van der Waals surface area contributed by atoms with Gasteiger partial charge in [0.15, 0.2) is 10.3 Å². The van der Waals surface area contributed by atoms with Gasteiger partial charge in [0.1, 0.15) is 5.82 Å². The number of likely N-dealkylation sites (N-methyl/N-ethyl adjacent to an activating group) is 1. The lowest BCUT2D eigenvalue weighted by atomic mass is 10.1. The Balaban J connectivity index is 1.43. The van der Waals surface area contributed by atoms with Gasteiger partial charge >= 0.3 is 0 Å². The van der Waals surface area contributed by atoms with Gasteiger partial charge in [-0.2, -0.15) is 0 Å². The molecule has 0 fully saturated rings. The lowest BCUT2D eigenvalue weighted by molar-refractivity contribution is -0.113. The third kappa shape index (κ3) is 4.43. The van der Waals surface area contributed by atoms with Crippen molar-refractivity contribution < 1.29 is 4.79 Å². The van der Waals surface area contributed by atoms with E-state index in [1.54, 1.807) is 11.3 Å². The first-order valence-electron chi connectivity index (χ1n) is 10.1. The van der Waals surface area contributed by atoms with E-state index in [0.717, 1.165) is 48.8 Å². The topological polar surface area (TPSA) is 75.9 Å². The standard InChI is InChI=1S/C21H26N6OS2/c1-5-26-9-8-16-18(11-26)30-20(22-16)23-19(28)12-29-21-25-24-15(4)27(21)17-10-13(2)6-7-14(17)3/h6-7,10H,5,8-9,11-12H2,1-4H3,(H,22,23,28). The van der Waals surface area contributed by atoms with E-state index in [4.69, 9.17) is 0 Å². The van der Waals surface area contributed by atoms with Crippen molar-refractivity contribution in [2.45, 2.75) is 45.8 Å². The highest BCUT2D eigenvalue weighted by Crippen LogP contribution is 2.29. The number of nitrogens with one attached hydrogen (secondary N) is 1. The molecule has 1 N–H and O–H groups in total. The fraction of sp³-hybridized carbons (Fsp3) is 0.429. The number of carbonyl (C=O) groups excluding carboxylic acids is 1. The summed E-state index contributed by atoms with van der Waals surface area (Å²) in [5.74, 6) is 0.986. The zero-order chi connectivity index (χ0) is 21.3. The quantitative estimate of drug-likeness (QED) is 0.586. The molecule has 0 radical (unpaired) electrons. The van der Waals surface area contributed by atoms with Crippen LogP contribution < -0.4 is 5.32 Å². The van der Waals surface area contributed by atoms with Gasteiger partial charge in [0.2, 0.25) is 5.91 Å². The summed E-state index contributed by atoms with van der Waals surface area (Å²) in [7, 11) is 0. The zero-order valence-corrected chi connectivity index (χ0v) is 19.4. The summed E-state index contributed by atoms with van der Waals surface area (Å²) in [6.45, 7) is 11.2. The summed E-state index contributed by atoms with van der Waals surface area (Å²) in [6.07, 6.45) is 0.947. The van der Waals surface area contributed by atoms with Crippen LogP contribution in [0.25, 0.3) is 5.69 Å². The first-order chi connectivity index (χ1) is 14.4. The summed E-state index contributed by atoms with van der Waals surface area (Å²) < 4.78 is 2.02. The number of aromatic nitrogens is 4. The smallest absolute Gasteiger partial charge is 0.236 e. The van der Waals surface area contributed by atoms with Gasteiger partial charge in [-0.3, -0.25) is 14.3 Å². The molecule has 1 amide bonds. The number of thioether (sulfide) groups is 1. The van der Waals surface area contributed by atoms with Crippen LogP contribution in [0.5, 0.6) is 0 Å². The Morgan fingerprint density at radius 2 is 2.10 bits per heavy atom. The first-order valence-corrected chi connectivity index (χ1v) is 11.9. The van der Waals surface area contributed by atoms with Crippen LogP contribution in [0.2, 0.25) is 0 Å². The molecule has 1 aromatic carbocycles. The molecule has 7 nitrogen and oxygen atoms in total. The maximum absolute atomic E-state index is 12.6. The molecule has 158 valence electrons. The Hall–Kier alpha value is -2.23. The molecule has 0 spiro atoms. The van der Waals surface area contributed by atoms with E-state index < -0.39 is 0 Å². The lowest BCUT2D eigenvalue weighted by Crippen LogP contribution is -2.29. The molecule has 1 aliphatic rings. The van der Waals surface area contributed by atoms with E-state index in [9.17, 15) is 4.79 Å². The molecule has 0 bridgehead atoms. The highest BCUT2D eigenvalue weighted by atomic mass is 32.2. The molecule has 0 unspecified atom stereocenters. The third-order valence-electron chi connectivity index (χ3n) is 5.24. The van der Waals surface area contributed by atoms with Crippen LogP contribution in [0.3, 0.4) is 0 Å². The average Bonchev–Trinajstić information content (AvgIpc) is 3.29. The average molecular weight is 443 g/mol. The van der Waals surface area contributed by atoms with Crippen molar-refractivity contribution in [3.63, 3.8) is 0 Å². The Labute approximate surface area is 184 Å². The minimum atomic E-state index is -0.0772. The fourth-order valence-corrected chi connectivity index (χ4v) is 5.39. The molecule has 3 aromatic rings. The van der Waals surface area contributed by atoms with Crippen LogP contribution in [0.15, 0.2) is 23.4 Å². The van der Waals surface area contributed by atoms with E-state index in [1.807, 2.05) is 11.5 Å². The summed E-state index contributed by atoms with van der Waals surface area (Å²) in [5.41, 5.74) is 4.49. The third-order valence-corrected chi connectivity index (χ3v) is 7.16. The maximum Gasteiger partial charge on any atom is 0.236 e. The van der Waals surface area contributed by atoms with Crippen molar-refractivity contribution in [2.24, 2.45) is 0 Å². The molecule has 0 aliphatic carbocycles. The van der Waals surface area contributed by atoms with Gasteiger partial charge in [-0.1, -0.05) is 30.8 Å². The second kappa shape index (κ2) is 8.87. The monoisotopic (exact) mass is 442 g/mol. The van der Waals surface area contributed by atoms with Crippen molar-refractivity contribution in [3.05, 3.63) is 45.7 Å². The van der Waals surface area contributed by atoms with Crippen molar-refractivity contribution in [1.29, 1.82) is 0 Å². The van der Waals surface area contributed by atoms with Gasteiger partial charge in [0.25, 0.3) is 0 Å². The summed E-state index contributed by atoms with van der Waals surface area (Å²) >= 11 is 2.97. The van der Waals surface area contributed by atoms with Crippen LogP contribution in [-0.4, -0.2) is 49.4 Å². The summed E-state index contributed by atoms with van der Waals surface area (Å²) in [5, 5.41) is 12.9. The number of rotatable bonds is 6.